The van der Waals surface area contributed by atoms with Crippen LogP contribution in [-0.2, 0) is 4.74 Å². The molecule has 1 aliphatic rings. The normalized spacial score (nSPS) is 20.9. The summed E-state index contributed by atoms with van der Waals surface area (Å²) in [5.41, 5.74) is 2.25. The van der Waals surface area contributed by atoms with E-state index in [0.717, 1.165) is 23.5 Å². The van der Waals surface area contributed by atoms with E-state index < -0.39 is 0 Å². The number of hydrogen-bond donors (Lipinski definition) is 0. The molecule has 0 saturated heterocycles. The van der Waals surface area contributed by atoms with Crippen molar-refractivity contribution in [1.29, 1.82) is 0 Å². The predicted molar refractivity (Wildman–Crippen MR) is 77.2 cm³/mol. The molecule has 0 N–H and O–H groups in total. The van der Waals surface area contributed by atoms with Crippen molar-refractivity contribution < 1.29 is 14.2 Å². The Morgan fingerprint density at radius 2 is 1.85 bits per heavy atom. The lowest BCUT2D eigenvalue weighted by atomic mass is 9.95. The molecule has 0 radical (unpaired) electrons. The molecule has 0 amide bonds. The summed E-state index contributed by atoms with van der Waals surface area (Å²) in [6, 6.07) is 16.1. The average Bonchev–Trinajstić information content (AvgIpc) is 2.54. The van der Waals surface area contributed by atoms with Crippen molar-refractivity contribution in [3.8, 4) is 11.5 Å². The largest absolute Gasteiger partial charge is 0.497 e. The minimum atomic E-state index is 0.0146. The van der Waals surface area contributed by atoms with E-state index in [1.54, 1.807) is 14.2 Å². The van der Waals surface area contributed by atoms with Crippen molar-refractivity contribution in [2.75, 3.05) is 14.2 Å². The minimum Gasteiger partial charge on any atom is -0.497 e. The number of rotatable bonds is 3. The molecule has 0 unspecified atom stereocenters. The highest BCUT2D eigenvalue weighted by Gasteiger charge is 2.29. The summed E-state index contributed by atoms with van der Waals surface area (Å²) in [7, 11) is 3.40. The van der Waals surface area contributed by atoms with E-state index in [1.807, 2.05) is 36.4 Å². The summed E-state index contributed by atoms with van der Waals surface area (Å²) in [5.74, 6) is 1.64. The first-order valence-electron chi connectivity index (χ1n) is 6.74. The predicted octanol–water partition coefficient (Wildman–Crippen LogP) is 3.91. The van der Waals surface area contributed by atoms with Gasteiger partial charge >= 0.3 is 0 Å². The molecule has 1 aliphatic heterocycles. The first-order valence-corrected chi connectivity index (χ1v) is 6.74. The van der Waals surface area contributed by atoms with Crippen LogP contribution < -0.4 is 9.47 Å². The van der Waals surface area contributed by atoms with Crippen molar-refractivity contribution >= 4 is 0 Å². The number of fused-ring (bicyclic) bond motifs is 1. The van der Waals surface area contributed by atoms with Gasteiger partial charge in [0.2, 0.25) is 0 Å². The van der Waals surface area contributed by atoms with Gasteiger partial charge in [-0.25, -0.2) is 0 Å². The monoisotopic (exact) mass is 270 g/mol. The Kier molecular flexibility index (Phi) is 3.61. The smallest absolute Gasteiger partial charge is 0.129 e. The van der Waals surface area contributed by atoms with Gasteiger partial charge < -0.3 is 14.2 Å². The zero-order chi connectivity index (χ0) is 13.9. The Balaban J connectivity index is 1.96. The standard InChI is InChI=1S/C17H18O3/c1-18-13-8-9-14-16(19-2)11-15(20-17(14)10-13)12-6-4-3-5-7-12/h3-10,15-16H,11H2,1-2H3/t15-,16+/m0/s1. The molecule has 0 saturated carbocycles. The van der Waals surface area contributed by atoms with E-state index in [9.17, 15) is 0 Å². The third-order valence-corrected chi connectivity index (χ3v) is 3.72. The molecule has 3 rings (SSSR count). The van der Waals surface area contributed by atoms with E-state index >= 15 is 0 Å². The van der Waals surface area contributed by atoms with Crippen molar-refractivity contribution in [3.63, 3.8) is 0 Å². The lowest BCUT2D eigenvalue weighted by molar-refractivity contribution is 0.0299. The van der Waals surface area contributed by atoms with Crippen LogP contribution in [0.25, 0.3) is 0 Å². The molecule has 2 aromatic carbocycles. The summed E-state index contributed by atoms with van der Waals surface area (Å²) in [6.45, 7) is 0. The quantitative estimate of drug-likeness (QED) is 0.846. The molecule has 2 atom stereocenters. The zero-order valence-electron chi connectivity index (χ0n) is 11.7. The van der Waals surface area contributed by atoms with Crippen molar-refractivity contribution in [3.05, 3.63) is 59.7 Å². The second-order valence-corrected chi connectivity index (χ2v) is 4.88. The Hall–Kier alpha value is -2.00. The van der Waals surface area contributed by atoms with Gasteiger partial charge in [0.1, 0.15) is 17.6 Å². The lowest BCUT2D eigenvalue weighted by Gasteiger charge is -2.32. The Labute approximate surface area is 119 Å². The number of hydrogen-bond acceptors (Lipinski definition) is 3. The van der Waals surface area contributed by atoms with Crippen molar-refractivity contribution in [1.82, 2.24) is 0 Å². The maximum Gasteiger partial charge on any atom is 0.129 e. The number of methoxy groups -OCH3 is 2. The second-order valence-electron chi connectivity index (χ2n) is 4.88. The van der Waals surface area contributed by atoms with Crippen LogP contribution in [0.5, 0.6) is 11.5 Å². The summed E-state index contributed by atoms with van der Waals surface area (Å²) in [4.78, 5) is 0. The van der Waals surface area contributed by atoms with Gasteiger partial charge in [0.15, 0.2) is 0 Å². The summed E-state index contributed by atoms with van der Waals surface area (Å²) >= 11 is 0. The van der Waals surface area contributed by atoms with Gasteiger partial charge in [-0.05, 0) is 17.7 Å². The molecule has 0 spiro atoms. The highest BCUT2D eigenvalue weighted by atomic mass is 16.5. The van der Waals surface area contributed by atoms with E-state index in [1.165, 1.54) is 5.56 Å². The lowest BCUT2D eigenvalue weighted by Crippen LogP contribution is -2.20. The highest BCUT2D eigenvalue weighted by molar-refractivity contribution is 5.44. The van der Waals surface area contributed by atoms with Crippen molar-refractivity contribution in [2.24, 2.45) is 0 Å². The molecule has 2 aromatic rings. The molecule has 0 bridgehead atoms. The minimum absolute atomic E-state index is 0.0146. The van der Waals surface area contributed by atoms with Gasteiger partial charge in [-0.2, -0.15) is 0 Å². The summed E-state index contributed by atoms with van der Waals surface area (Å²) in [5, 5.41) is 0. The van der Waals surface area contributed by atoms with Crippen LogP contribution >= 0.6 is 0 Å². The maximum atomic E-state index is 6.13. The van der Waals surface area contributed by atoms with Gasteiger partial charge in [0, 0.05) is 25.2 Å². The first-order chi connectivity index (χ1) is 9.81. The summed E-state index contributed by atoms with van der Waals surface area (Å²) in [6.07, 6.45) is 0.885. The van der Waals surface area contributed by atoms with Crippen LogP contribution in [0.2, 0.25) is 0 Å². The molecule has 1 heterocycles. The van der Waals surface area contributed by atoms with Gasteiger partial charge in [0.25, 0.3) is 0 Å². The molecule has 0 aliphatic carbocycles. The Morgan fingerprint density at radius 3 is 2.55 bits per heavy atom. The molecular weight excluding hydrogens is 252 g/mol. The van der Waals surface area contributed by atoms with Crippen LogP contribution in [-0.4, -0.2) is 14.2 Å². The van der Waals surface area contributed by atoms with Crippen molar-refractivity contribution in [2.45, 2.75) is 18.6 Å². The first kappa shape index (κ1) is 13.0. The van der Waals surface area contributed by atoms with E-state index in [0.29, 0.717) is 0 Å². The van der Waals surface area contributed by atoms with E-state index in [2.05, 4.69) is 12.1 Å². The summed E-state index contributed by atoms with van der Waals surface area (Å²) < 4.78 is 17.0. The van der Waals surface area contributed by atoms with Gasteiger partial charge in [-0.3, -0.25) is 0 Å². The molecule has 3 nitrogen and oxygen atoms in total. The number of benzene rings is 2. The van der Waals surface area contributed by atoms with E-state index in [4.69, 9.17) is 14.2 Å². The fourth-order valence-electron chi connectivity index (χ4n) is 2.63. The van der Waals surface area contributed by atoms with Gasteiger partial charge in [0.05, 0.1) is 13.2 Å². The highest BCUT2D eigenvalue weighted by Crippen LogP contribution is 2.43. The second kappa shape index (κ2) is 5.55. The Bertz CT molecular complexity index is 580. The fraction of sp³-hybridized carbons (Fsp3) is 0.294. The molecule has 0 fully saturated rings. The molecule has 0 aromatic heterocycles. The van der Waals surface area contributed by atoms with Crippen LogP contribution in [0.3, 0.4) is 0 Å². The third-order valence-electron chi connectivity index (χ3n) is 3.72. The SMILES string of the molecule is COc1ccc2c(c1)O[C@H](c1ccccc1)C[C@H]2OC. The Morgan fingerprint density at radius 1 is 1.05 bits per heavy atom. The van der Waals surface area contributed by atoms with E-state index in [-0.39, 0.29) is 12.2 Å². The molecule has 20 heavy (non-hydrogen) atoms. The number of ether oxygens (including phenoxy) is 3. The van der Waals surface area contributed by atoms with Crippen LogP contribution in [0, 0.1) is 0 Å². The third kappa shape index (κ3) is 2.37. The van der Waals surface area contributed by atoms with Gasteiger partial charge in [-0.15, -0.1) is 0 Å². The zero-order valence-corrected chi connectivity index (χ0v) is 11.7. The topological polar surface area (TPSA) is 27.7 Å². The fourth-order valence-corrected chi connectivity index (χ4v) is 2.63. The molecular formula is C17H18O3. The van der Waals surface area contributed by atoms with Gasteiger partial charge in [-0.1, -0.05) is 30.3 Å². The molecule has 104 valence electrons. The van der Waals surface area contributed by atoms with Crippen LogP contribution in [0.1, 0.15) is 29.8 Å². The maximum absolute atomic E-state index is 6.13. The van der Waals surface area contributed by atoms with Crippen LogP contribution in [0.4, 0.5) is 0 Å². The average molecular weight is 270 g/mol. The van der Waals surface area contributed by atoms with Crippen LogP contribution in [0.15, 0.2) is 48.5 Å². The molecule has 3 heteroatoms.